The molecule has 7 heteroatoms. The summed E-state index contributed by atoms with van der Waals surface area (Å²) in [4.78, 5) is 15.7. The fraction of sp³-hybridized carbons (Fsp3) is 0.176. The minimum Gasteiger partial charge on any atom is -0.497 e. The van der Waals surface area contributed by atoms with Crippen LogP contribution >= 0.6 is 11.8 Å². The van der Waals surface area contributed by atoms with Crippen molar-refractivity contribution in [1.82, 2.24) is 19.7 Å². The lowest BCUT2D eigenvalue weighted by atomic mass is 10.2. The Morgan fingerprint density at radius 2 is 2.08 bits per heavy atom. The average Bonchev–Trinajstić information content (AvgIpc) is 3.04. The number of methoxy groups -OCH3 is 1. The highest BCUT2D eigenvalue weighted by Crippen LogP contribution is 2.28. The molecule has 0 spiro atoms. The second-order valence-corrected chi connectivity index (χ2v) is 5.99. The van der Waals surface area contributed by atoms with E-state index in [1.807, 2.05) is 47.0 Å². The normalized spacial score (nSPS) is 10.6. The molecule has 0 fully saturated rings. The first-order valence-electron chi connectivity index (χ1n) is 7.32. The number of aromatic nitrogens is 4. The van der Waals surface area contributed by atoms with Gasteiger partial charge < -0.3 is 4.74 Å². The van der Waals surface area contributed by atoms with Gasteiger partial charge in [-0.1, -0.05) is 23.9 Å². The van der Waals surface area contributed by atoms with E-state index in [-0.39, 0.29) is 5.78 Å². The van der Waals surface area contributed by atoms with E-state index >= 15 is 0 Å². The van der Waals surface area contributed by atoms with Gasteiger partial charge in [-0.25, -0.2) is 0 Å². The standard InChI is InChI=1S/C17H16N4O2S/c1-12(22)11-24-17-20-19-16(15-8-3-4-9-18-15)21(17)13-6-5-7-14(10-13)23-2/h3-10H,11H2,1-2H3. The quantitative estimate of drug-likeness (QED) is 0.643. The Morgan fingerprint density at radius 3 is 2.79 bits per heavy atom. The molecule has 122 valence electrons. The van der Waals surface area contributed by atoms with E-state index in [0.29, 0.717) is 22.4 Å². The summed E-state index contributed by atoms with van der Waals surface area (Å²) >= 11 is 1.35. The van der Waals surface area contributed by atoms with Crippen LogP contribution in [-0.4, -0.2) is 38.4 Å². The first-order chi connectivity index (χ1) is 11.7. The summed E-state index contributed by atoms with van der Waals surface area (Å²) in [7, 11) is 1.62. The molecule has 6 nitrogen and oxygen atoms in total. The zero-order valence-electron chi connectivity index (χ0n) is 13.3. The summed E-state index contributed by atoms with van der Waals surface area (Å²) in [5, 5.41) is 9.15. The summed E-state index contributed by atoms with van der Waals surface area (Å²) in [6, 6.07) is 13.2. The van der Waals surface area contributed by atoms with Gasteiger partial charge in [-0.05, 0) is 31.2 Å². The van der Waals surface area contributed by atoms with Gasteiger partial charge in [0.05, 0.1) is 18.6 Å². The van der Waals surface area contributed by atoms with Gasteiger partial charge in [-0.3, -0.25) is 14.3 Å². The molecule has 3 aromatic rings. The Bertz CT molecular complexity index is 849. The van der Waals surface area contributed by atoms with Gasteiger partial charge in [-0.15, -0.1) is 10.2 Å². The van der Waals surface area contributed by atoms with Crippen molar-refractivity contribution in [2.75, 3.05) is 12.9 Å². The van der Waals surface area contributed by atoms with Gasteiger partial charge in [0, 0.05) is 12.3 Å². The monoisotopic (exact) mass is 340 g/mol. The first kappa shape index (κ1) is 16.2. The van der Waals surface area contributed by atoms with E-state index in [9.17, 15) is 4.79 Å². The maximum atomic E-state index is 11.3. The van der Waals surface area contributed by atoms with E-state index in [4.69, 9.17) is 4.74 Å². The molecule has 0 atom stereocenters. The third-order valence-electron chi connectivity index (χ3n) is 3.24. The number of benzene rings is 1. The van der Waals surface area contributed by atoms with Crippen LogP contribution in [0.5, 0.6) is 5.75 Å². The number of carbonyl (C=O) groups excluding carboxylic acids is 1. The van der Waals surface area contributed by atoms with Crippen molar-refractivity contribution >= 4 is 17.5 Å². The van der Waals surface area contributed by atoms with Gasteiger partial charge in [0.1, 0.15) is 17.2 Å². The smallest absolute Gasteiger partial charge is 0.196 e. The molecular weight excluding hydrogens is 324 g/mol. The minimum atomic E-state index is 0.0829. The predicted octanol–water partition coefficient (Wildman–Crippen LogP) is 3.02. The Balaban J connectivity index is 2.11. The summed E-state index contributed by atoms with van der Waals surface area (Å²) in [6.45, 7) is 1.55. The van der Waals surface area contributed by atoms with E-state index in [1.54, 1.807) is 20.2 Å². The Labute approximate surface area is 143 Å². The fourth-order valence-corrected chi connectivity index (χ4v) is 2.92. The van der Waals surface area contributed by atoms with Crippen molar-refractivity contribution in [2.24, 2.45) is 0 Å². The highest BCUT2D eigenvalue weighted by molar-refractivity contribution is 7.99. The molecule has 0 aliphatic rings. The van der Waals surface area contributed by atoms with Gasteiger partial charge >= 0.3 is 0 Å². The van der Waals surface area contributed by atoms with Crippen LogP contribution in [0.4, 0.5) is 0 Å². The maximum absolute atomic E-state index is 11.3. The maximum Gasteiger partial charge on any atom is 0.196 e. The Morgan fingerprint density at radius 1 is 1.21 bits per heavy atom. The molecule has 2 heterocycles. The van der Waals surface area contributed by atoms with Crippen LogP contribution in [0.2, 0.25) is 0 Å². The SMILES string of the molecule is COc1cccc(-n2c(SCC(C)=O)nnc2-c2ccccn2)c1. The average molecular weight is 340 g/mol. The number of hydrogen-bond donors (Lipinski definition) is 0. The highest BCUT2D eigenvalue weighted by Gasteiger charge is 2.17. The van der Waals surface area contributed by atoms with Crippen molar-refractivity contribution in [1.29, 1.82) is 0 Å². The van der Waals surface area contributed by atoms with Crippen LogP contribution in [0.25, 0.3) is 17.2 Å². The molecule has 0 saturated heterocycles. The first-order valence-corrected chi connectivity index (χ1v) is 8.31. The van der Waals surface area contributed by atoms with Crippen LogP contribution < -0.4 is 4.74 Å². The highest BCUT2D eigenvalue weighted by atomic mass is 32.2. The van der Waals surface area contributed by atoms with Crippen molar-refractivity contribution in [3.63, 3.8) is 0 Å². The number of Topliss-reactive ketones (excluding diaryl/α,β-unsaturated/α-hetero) is 1. The summed E-state index contributed by atoms with van der Waals surface area (Å²) < 4.78 is 7.19. The Hall–Kier alpha value is -2.67. The van der Waals surface area contributed by atoms with Gasteiger partial charge in [-0.2, -0.15) is 0 Å². The van der Waals surface area contributed by atoms with E-state index < -0.39 is 0 Å². The zero-order chi connectivity index (χ0) is 16.9. The number of carbonyl (C=O) groups is 1. The van der Waals surface area contributed by atoms with Crippen LogP contribution in [-0.2, 0) is 4.79 Å². The van der Waals surface area contributed by atoms with Crippen LogP contribution in [0, 0.1) is 0 Å². The van der Waals surface area contributed by atoms with Crippen LogP contribution in [0.15, 0.2) is 53.8 Å². The number of rotatable bonds is 6. The van der Waals surface area contributed by atoms with Gasteiger partial charge in [0.15, 0.2) is 11.0 Å². The van der Waals surface area contributed by atoms with Crippen LogP contribution in [0.1, 0.15) is 6.92 Å². The molecule has 0 amide bonds. The van der Waals surface area contributed by atoms with E-state index in [1.165, 1.54) is 11.8 Å². The second-order valence-electron chi connectivity index (χ2n) is 5.05. The summed E-state index contributed by atoms with van der Waals surface area (Å²) in [5.74, 6) is 1.77. The molecule has 1 aromatic carbocycles. The lowest BCUT2D eigenvalue weighted by Crippen LogP contribution is -2.02. The molecule has 0 unspecified atom stereocenters. The van der Waals surface area contributed by atoms with Crippen molar-refractivity contribution in [3.05, 3.63) is 48.7 Å². The number of nitrogens with zero attached hydrogens (tertiary/aromatic N) is 4. The zero-order valence-corrected chi connectivity index (χ0v) is 14.2. The van der Waals surface area contributed by atoms with Crippen molar-refractivity contribution in [2.45, 2.75) is 12.1 Å². The largest absolute Gasteiger partial charge is 0.497 e. The molecule has 0 bridgehead atoms. The summed E-state index contributed by atoms with van der Waals surface area (Å²) in [6.07, 6.45) is 1.71. The van der Waals surface area contributed by atoms with E-state index in [2.05, 4.69) is 15.2 Å². The van der Waals surface area contributed by atoms with Gasteiger partial charge in [0.2, 0.25) is 0 Å². The molecule has 0 N–H and O–H groups in total. The van der Waals surface area contributed by atoms with Gasteiger partial charge in [0.25, 0.3) is 0 Å². The molecule has 0 aliphatic heterocycles. The van der Waals surface area contributed by atoms with Crippen molar-refractivity contribution in [3.8, 4) is 23.0 Å². The lowest BCUT2D eigenvalue weighted by Gasteiger charge is -2.10. The number of thioether (sulfide) groups is 1. The lowest BCUT2D eigenvalue weighted by molar-refractivity contribution is -0.114. The summed E-state index contributed by atoms with van der Waals surface area (Å²) in [5.41, 5.74) is 1.56. The third kappa shape index (κ3) is 3.46. The molecular formula is C17H16N4O2S. The molecule has 24 heavy (non-hydrogen) atoms. The van der Waals surface area contributed by atoms with E-state index in [0.717, 1.165) is 11.4 Å². The number of pyridine rings is 1. The second kappa shape index (κ2) is 7.27. The molecule has 0 saturated carbocycles. The molecule has 0 radical (unpaired) electrons. The van der Waals surface area contributed by atoms with Crippen molar-refractivity contribution < 1.29 is 9.53 Å². The molecule has 2 aromatic heterocycles. The third-order valence-corrected chi connectivity index (χ3v) is 4.32. The predicted molar refractivity (Wildman–Crippen MR) is 92.5 cm³/mol. The number of hydrogen-bond acceptors (Lipinski definition) is 6. The number of ether oxygens (including phenoxy) is 1. The van der Waals surface area contributed by atoms with Crippen LogP contribution in [0.3, 0.4) is 0 Å². The topological polar surface area (TPSA) is 69.9 Å². The number of ketones is 1. The molecule has 3 rings (SSSR count). The Kier molecular flexibility index (Phi) is 4.90. The minimum absolute atomic E-state index is 0.0829. The molecule has 0 aliphatic carbocycles. The fourth-order valence-electron chi connectivity index (χ4n) is 2.17.